The molecule has 1 fully saturated rings. The number of hydrogen-bond donors (Lipinski definition) is 2. The summed E-state index contributed by atoms with van der Waals surface area (Å²) in [5.41, 5.74) is 0. The molecule has 10 heteroatoms. The molecule has 0 unspecified atom stereocenters. The van der Waals surface area contributed by atoms with Crippen molar-refractivity contribution in [1.82, 2.24) is 19.8 Å². The Morgan fingerprint density at radius 2 is 1.84 bits per heavy atom. The first-order chi connectivity index (χ1) is 12.0. The number of benzene rings is 1. The van der Waals surface area contributed by atoms with Gasteiger partial charge in [0, 0.05) is 30.7 Å². The van der Waals surface area contributed by atoms with Crippen LogP contribution in [0, 0.1) is 0 Å². The zero-order chi connectivity index (χ0) is 17.7. The van der Waals surface area contributed by atoms with Crippen molar-refractivity contribution in [3.63, 3.8) is 0 Å². The van der Waals surface area contributed by atoms with Crippen LogP contribution < -0.4 is 10.0 Å². The second-order valence-electron chi connectivity index (χ2n) is 5.89. The first-order valence-corrected chi connectivity index (χ1v) is 10.4. The highest BCUT2D eigenvalue weighted by molar-refractivity contribution is 9.10. The number of nitrogens with zero attached hydrogens (tertiary/aromatic N) is 3. The van der Waals surface area contributed by atoms with Gasteiger partial charge in [0.05, 0.1) is 31.4 Å². The molecule has 8 nitrogen and oxygen atoms in total. The van der Waals surface area contributed by atoms with Crippen molar-refractivity contribution < 1.29 is 13.2 Å². The number of guanidine groups is 1. The molecule has 0 saturated carbocycles. The molecule has 3 rings (SSSR count). The highest BCUT2D eigenvalue weighted by atomic mass is 79.9. The summed E-state index contributed by atoms with van der Waals surface area (Å²) < 4.78 is 33.4. The minimum atomic E-state index is -3.63. The summed E-state index contributed by atoms with van der Waals surface area (Å²) in [5.74, 6) is 0.283. The fourth-order valence-electron chi connectivity index (χ4n) is 2.59. The van der Waals surface area contributed by atoms with E-state index in [2.05, 4.69) is 40.8 Å². The molecule has 0 radical (unpaired) electrons. The number of ether oxygens (including phenoxy) is 1. The third kappa shape index (κ3) is 5.38. The maximum atomic E-state index is 12.3. The van der Waals surface area contributed by atoms with Gasteiger partial charge in [0.2, 0.25) is 5.96 Å². The van der Waals surface area contributed by atoms with Crippen LogP contribution in [0.5, 0.6) is 0 Å². The minimum Gasteiger partial charge on any atom is -0.379 e. The van der Waals surface area contributed by atoms with Gasteiger partial charge in [0.15, 0.2) is 0 Å². The average Bonchev–Trinajstić information content (AvgIpc) is 2.62. The molecule has 0 aromatic heterocycles. The van der Waals surface area contributed by atoms with Gasteiger partial charge in [0.25, 0.3) is 10.0 Å². The summed E-state index contributed by atoms with van der Waals surface area (Å²) in [4.78, 5) is 8.99. The molecule has 0 spiro atoms. The zero-order valence-corrected chi connectivity index (χ0v) is 16.2. The molecule has 2 aliphatic heterocycles. The van der Waals surface area contributed by atoms with Crippen molar-refractivity contribution in [2.45, 2.75) is 4.90 Å². The summed E-state index contributed by atoms with van der Waals surface area (Å²) >= 11 is 3.29. The lowest BCUT2D eigenvalue weighted by molar-refractivity contribution is 0.0331. The summed E-state index contributed by atoms with van der Waals surface area (Å²) in [6, 6.07) is 6.48. The van der Waals surface area contributed by atoms with Crippen molar-refractivity contribution in [1.29, 1.82) is 0 Å². The van der Waals surface area contributed by atoms with Gasteiger partial charge in [0.1, 0.15) is 0 Å². The van der Waals surface area contributed by atoms with Crippen LogP contribution in [0.1, 0.15) is 0 Å². The highest BCUT2D eigenvalue weighted by Gasteiger charge is 2.20. The summed E-state index contributed by atoms with van der Waals surface area (Å²) in [6.07, 6.45) is 0. The van der Waals surface area contributed by atoms with E-state index in [0.717, 1.165) is 43.9 Å². The van der Waals surface area contributed by atoms with Crippen molar-refractivity contribution in [3.8, 4) is 0 Å². The van der Waals surface area contributed by atoms with Crippen LogP contribution in [0.3, 0.4) is 0 Å². The van der Waals surface area contributed by atoms with E-state index < -0.39 is 10.0 Å². The van der Waals surface area contributed by atoms with Crippen LogP contribution in [0.4, 0.5) is 0 Å². The van der Waals surface area contributed by atoms with Crippen LogP contribution in [0.2, 0.25) is 0 Å². The van der Waals surface area contributed by atoms with E-state index in [0.29, 0.717) is 13.3 Å². The predicted molar refractivity (Wildman–Crippen MR) is 98.7 cm³/mol. The lowest BCUT2D eigenvalue weighted by Gasteiger charge is -2.31. The van der Waals surface area contributed by atoms with Gasteiger partial charge in [-0.3, -0.25) is 9.80 Å². The maximum Gasteiger partial charge on any atom is 0.264 e. The lowest BCUT2D eigenvalue weighted by atomic mass is 10.4. The Hall–Kier alpha value is -1.20. The first-order valence-electron chi connectivity index (χ1n) is 8.12. The normalized spacial score (nSPS) is 20.0. The van der Waals surface area contributed by atoms with Crippen molar-refractivity contribution >= 4 is 31.9 Å². The van der Waals surface area contributed by atoms with Crippen molar-refractivity contribution in [3.05, 3.63) is 28.7 Å². The first kappa shape index (κ1) is 18.6. The zero-order valence-electron chi connectivity index (χ0n) is 13.8. The number of aliphatic imine (C=N–C) groups is 1. The number of rotatable bonds is 5. The Balaban J connectivity index is 1.49. The maximum absolute atomic E-state index is 12.3. The predicted octanol–water partition coefficient (Wildman–Crippen LogP) is 0.236. The number of morpholine rings is 1. The van der Waals surface area contributed by atoms with E-state index in [9.17, 15) is 8.42 Å². The van der Waals surface area contributed by atoms with E-state index in [4.69, 9.17) is 4.74 Å². The molecular formula is C15H22BrN5O3S. The Kier molecular flexibility index (Phi) is 6.29. The molecule has 2 N–H and O–H groups in total. The van der Waals surface area contributed by atoms with Crippen LogP contribution in [-0.2, 0) is 14.8 Å². The Labute approximate surface area is 156 Å². The molecule has 25 heavy (non-hydrogen) atoms. The van der Waals surface area contributed by atoms with Crippen LogP contribution in [0.25, 0.3) is 0 Å². The molecule has 2 heterocycles. The van der Waals surface area contributed by atoms with Crippen molar-refractivity contribution in [2.75, 3.05) is 52.7 Å². The van der Waals surface area contributed by atoms with Gasteiger partial charge >= 0.3 is 0 Å². The standard InChI is InChI=1S/C15H22BrN5O3S/c16-13-1-3-14(4-2-13)25(22,23)19-15-17-11-21(12-18-15)6-5-20-7-9-24-10-8-20/h1-4H,5-12H2,(H2,17,18,19). The van der Waals surface area contributed by atoms with Gasteiger partial charge in [-0.15, -0.1) is 0 Å². The molecule has 1 aromatic rings. The fraction of sp³-hybridized carbons (Fsp3) is 0.533. The van der Waals surface area contributed by atoms with Gasteiger partial charge in [-0.2, -0.15) is 0 Å². The Morgan fingerprint density at radius 1 is 1.16 bits per heavy atom. The molecule has 138 valence electrons. The second-order valence-corrected chi connectivity index (χ2v) is 8.49. The number of hydrogen-bond acceptors (Lipinski definition) is 7. The van der Waals surface area contributed by atoms with E-state index in [-0.39, 0.29) is 10.9 Å². The smallest absolute Gasteiger partial charge is 0.264 e. The number of sulfonamides is 1. The third-order valence-corrected chi connectivity index (χ3v) is 5.97. The van der Waals surface area contributed by atoms with Gasteiger partial charge in [-0.1, -0.05) is 15.9 Å². The SMILES string of the molecule is O=S(=O)(NC1=NCN(CCN2CCOCC2)CN1)c1ccc(Br)cc1. The Bertz CT molecular complexity index is 704. The van der Waals surface area contributed by atoms with Crippen LogP contribution in [0.15, 0.2) is 38.6 Å². The lowest BCUT2D eigenvalue weighted by Crippen LogP contribution is -2.51. The largest absolute Gasteiger partial charge is 0.379 e. The summed E-state index contributed by atoms with van der Waals surface area (Å²) in [5, 5.41) is 3.03. The van der Waals surface area contributed by atoms with E-state index in [1.807, 2.05) is 0 Å². The summed E-state index contributed by atoms with van der Waals surface area (Å²) in [6.45, 7) is 6.37. The number of nitrogens with one attached hydrogen (secondary N) is 2. The van der Waals surface area contributed by atoms with E-state index in [1.165, 1.54) is 0 Å². The minimum absolute atomic E-state index is 0.204. The van der Waals surface area contributed by atoms with Crippen LogP contribution >= 0.6 is 15.9 Å². The topological polar surface area (TPSA) is 86.3 Å². The number of halogens is 1. The molecule has 2 aliphatic rings. The molecule has 0 amide bonds. The monoisotopic (exact) mass is 431 g/mol. The third-order valence-electron chi connectivity index (χ3n) is 4.09. The molecule has 1 aromatic carbocycles. The second kappa shape index (κ2) is 8.45. The van der Waals surface area contributed by atoms with Crippen molar-refractivity contribution in [2.24, 2.45) is 4.99 Å². The van der Waals surface area contributed by atoms with E-state index in [1.54, 1.807) is 24.3 Å². The molecule has 1 saturated heterocycles. The molecular weight excluding hydrogens is 410 g/mol. The summed E-state index contributed by atoms with van der Waals surface area (Å²) in [7, 11) is -3.63. The van der Waals surface area contributed by atoms with E-state index >= 15 is 0 Å². The molecule has 0 bridgehead atoms. The molecule has 0 atom stereocenters. The van der Waals surface area contributed by atoms with Gasteiger partial charge in [-0.05, 0) is 24.3 Å². The quantitative estimate of drug-likeness (QED) is 0.694. The van der Waals surface area contributed by atoms with Gasteiger partial charge < -0.3 is 10.1 Å². The fourth-order valence-corrected chi connectivity index (χ4v) is 3.86. The average molecular weight is 432 g/mol. The Morgan fingerprint density at radius 3 is 2.48 bits per heavy atom. The highest BCUT2D eigenvalue weighted by Crippen LogP contribution is 2.14. The molecule has 0 aliphatic carbocycles. The van der Waals surface area contributed by atoms with Crippen LogP contribution in [-0.4, -0.2) is 76.9 Å². The van der Waals surface area contributed by atoms with Gasteiger partial charge in [-0.25, -0.2) is 18.1 Å².